The van der Waals surface area contributed by atoms with Crippen LogP contribution in [0.2, 0.25) is 0 Å². The first-order valence-electron chi connectivity index (χ1n) is 7.80. The minimum Gasteiger partial charge on any atom is -0.321 e. The third-order valence-electron chi connectivity index (χ3n) is 3.88. The maximum absolute atomic E-state index is 13.1. The third-order valence-corrected chi connectivity index (χ3v) is 3.88. The molecule has 25 heavy (non-hydrogen) atoms. The molecule has 0 fully saturated rings. The van der Waals surface area contributed by atoms with Crippen LogP contribution in [0, 0.1) is 5.82 Å². The van der Waals surface area contributed by atoms with E-state index < -0.39 is 0 Å². The highest BCUT2D eigenvalue weighted by molar-refractivity contribution is 6.04. The second kappa shape index (κ2) is 6.20. The zero-order chi connectivity index (χ0) is 17.2. The smallest absolute Gasteiger partial charge is 0.255 e. The predicted octanol–water partition coefficient (Wildman–Crippen LogP) is 4.39. The largest absolute Gasteiger partial charge is 0.321 e. The Morgan fingerprint density at radius 1 is 0.920 bits per heavy atom. The van der Waals surface area contributed by atoms with Gasteiger partial charge in [-0.05, 0) is 48.5 Å². The van der Waals surface area contributed by atoms with E-state index in [-0.39, 0.29) is 11.7 Å². The van der Waals surface area contributed by atoms with Gasteiger partial charge in [0.05, 0.1) is 11.4 Å². The molecule has 0 radical (unpaired) electrons. The Hall–Kier alpha value is -3.47. The van der Waals surface area contributed by atoms with Crippen LogP contribution in [0.1, 0.15) is 10.4 Å². The highest BCUT2D eigenvalue weighted by atomic mass is 19.1. The van der Waals surface area contributed by atoms with Crippen LogP contribution in [0.4, 0.5) is 10.1 Å². The number of pyridine rings is 1. The molecule has 122 valence electrons. The summed E-state index contributed by atoms with van der Waals surface area (Å²) < 4.78 is 14.9. The van der Waals surface area contributed by atoms with Gasteiger partial charge < -0.3 is 9.72 Å². The molecule has 0 saturated carbocycles. The Balaban J connectivity index is 1.62. The Kier molecular flexibility index (Phi) is 3.74. The van der Waals surface area contributed by atoms with Gasteiger partial charge in [-0.25, -0.2) is 9.37 Å². The Morgan fingerprint density at radius 2 is 1.68 bits per heavy atom. The van der Waals surface area contributed by atoms with E-state index in [0.29, 0.717) is 11.3 Å². The lowest BCUT2D eigenvalue weighted by atomic mass is 10.2. The first-order valence-corrected chi connectivity index (χ1v) is 7.80. The number of anilines is 1. The molecule has 0 unspecified atom stereocenters. The standard InChI is InChI=1S/C20H14FN3O/c21-16-8-6-14(7-9-16)18-13-24-12-17(10-11-19(24)23-18)22-20(25)15-4-2-1-3-5-15/h1-13H,(H,22,25). The third kappa shape index (κ3) is 3.12. The van der Waals surface area contributed by atoms with Crippen molar-refractivity contribution in [2.45, 2.75) is 0 Å². The molecule has 1 amide bonds. The first kappa shape index (κ1) is 15.1. The topological polar surface area (TPSA) is 46.4 Å². The Labute approximate surface area is 143 Å². The van der Waals surface area contributed by atoms with Crippen LogP contribution in [0.25, 0.3) is 16.9 Å². The van der Waals surface area contributed by atoms with E-state index in [9.17, 15) is 9.18 Å². The summed E-state index contributed by atoms with van der Waals surface area (Å²) in [4.78, 5) is 16.8. The molecule has 0 spiro atoms. The van der Waals surface area contributed by atoms with Crippen LogP contribution < -0.4 is 5.32 Å². The van der Waals surface area contributed by atoms with Crippen molar-refractivity contribution in [3.05, 3.63) is 90.5 Å². The number of aromatic nitrogens is 2. The van der Waals surface area contributed by atoms with E-state index in [1.165, 1.54) is 12.1 Å². The molecule has 0 aliphatic heterocycles. The number of carbonyl (C=O) groups is 1. The number of carbonyl (C=O) groups excluding carboxylic acids is 1. The maximum atomic E-state index is 13.1. The lowest BCUT2D eigenvalue weighted by Gasteiger charge is -2.05. The molecule has 2 aromatic carbocycles. The van der Waals surface area contributed by atoms with Crippen molar-refractivity contribution in [2.75, 3.05) is 5.32 Å². The van der Waals surface area contributed by atoms with Crippen molar-refractivity contribution in [3.63, 3.8) is 0 Å². The monoisotopic (exact) mass is 331 g/mol. The fraction of sp³-hybridized carbons (Fsp3) is 0. The molecule has 5 heteroatoms. The number of amides is 1. The van der Waals surface area contributed by atoms with Crippen LogP contribution in [-0.4, -0.2) is 15.3 Å². The van der Waals surface area contributed by atoms with Crippen molar-refractivity contribution in [1.82, 2.24) is 9.38 Å². The van der Waals surface area contributed by atoms with Gasteiger partial charge in [0, 0.05) is 23.5 Å². The van der Waals surface area contributed by atoms with Gasteiger partial charge in [0.15, 0.2) is 0 Å². The minimum atomic E-state index is -0.279. The van der Waals surface area contributed by atoms with Crippen molar-refractivity contribution < 1.29 is 9.18 Å². The number of rotatable bonds is 3. The molecule has 0 aliphatic carbocycles. The summed E-state index contributed by atoms with van der Waals surface area (Å²) in [6.07, 6.45) is 3.65. The molecule has 0 saturated heterocycles. The quantitative estimate of drug-likeness (QED) is 0.605. The molecule has 1 N–H and O–H groups in total. The number of nitrogens with one attached hydrogen (secondary N) is 1. The normalized spacial score (nSPS) is 10.8. The molecule has 0 bridgehead atoms. The van der Waals surface area contributed by atoms with Crippen molar-refractivity contribution >= 4 is 17.2 Å². The van der Waals surface area contributed by atoms with E-state index in [1.807, 2.05) is 34.9 Å². The molecule has 0 atom stereocenters. The lowest BCUT2D eigenvalue weighted by molar-refractivity contribution is 0.102. The second-order valence-corrected chi connectivity index (χ2v) is 5.64. The van der Waals surface area contributed by atoms with Crippen molar-refractivity contribution in [2.24, 2.45) is 0 Å². The number of benzene rings is 2. The molecule has 0 aliphatic rings. The summed E-state index contributed by atoms with van der Waals surface area (Å²) >= 11 is 0. The zero-order valence-corrected chi connectivity index (χ0v) is 13.2. The highest BCUT2D eigenvalue weighted by Gasteiger charge is 2.08. The first-order chi connectivity index (χ1) is 12.2. The van der Waals surface area contributed by atoms with Crippen LogP contribution in [0.15, 0.2) is 79.1 Å². The minimum absolute atomic E-state index is 0.168. The summed E-state index contributed by atoms with van der Waals surface area (Å²) in [5.41, 5.74) is 3.59. The van der Waals surface area contributed by atoms with Gasteiger partial charge in [0.2, 0.25) is 0 Å². The number of imidazole rings is 1. The molecule has 4 nitrogen and oxygen atoms in total. The summed E-state index contributed by atoms with van der Waals surface area (Å²) in [7, 11) is 0. The van der Waals surface area contributed by atoms with Gasteiger partial charge in [-0.1, -0.05) is 18.2 Å². The Bertz CT molecular complexity index is 1040. The van der Waals surface area contributed by atoms with Crippen molar-refractivity contribution in [3.8, 4) is 11.3 Å². The summed E-state index contributed by atoms with van der Waals surface area (Å²) in [5.74, 6) is -0.447. The molecular formula is C20H14FN3O. The van der Waals surface area contributed by atoms with E-state index >= 15 is 0 Å². The van der Waals surface area contributed by atoms with Crippen LogP contribution in [0.3, 0.4) is 0 Å². The fourth-order valence-corrected chi connectivity index (χ4v) is 2.62. The highest BCUT2D eigenvalue weighted by Crippen LogP contribution is 2.21. The van der Waals surface area contributed by atoms with Gasteiger partial charge in [-0.3, -0.25) is 4.79 Å². The summed E-state index contributed by atoms with van der Waals surface area (Å²) in [6, 6.07) is 18.9. The maximum Gasteiger partial charge on any atom is 0.255 e. The SMILES string of the molecule is O=C(Nc1ccc2nc(-c3ccc(F)cc3)cn2c1)c1ccccc1. The van der Waals surface area contributed by atoms with E-state index in [0.717, 1.165) is 16.9 Å². The molecule has 4 rings (SSSR count). The second-order valence-electron chi connectivity index (χ2n) is 5.64. The van der Waals surface area contributed by atoms with Gasteiger partial charge in [0.25, 0.3) is 5.91 Å². The number of hydrogen-bond donors (Lipinski definition) is 1. The van der Waals surface area contributed by atoms with Gasteiger partial charge in [0.1, 0.15) is 11.5 Å². The summed E-state index contributed by atoms with van der Waals surface area (Å²) in [6.45, 7) is 0. The van der Waals surface area contributed by atoms with E-state index in [4.69, 9.17) is 0 Å². The predicted molar refractivity (Wildman–Crippen MR) is 95.0 cm³/mol. The molecule has 2 heterocycles. The van der Waals surface area contributed by atoms with Crippen LogP contribution >= 0.6 is 0 Å². The van der Waals surface area contributed by atoms with E-state index in [1.54, 1.807) is 36.5 Å². The van der Waals surface area contributed by atoms with Crippen LogP contribution in [-0.2, 0) is 0 Å². The average molecular weight is 331 g/mol. The number of halogens is 1. The Morgan fingerprint density at radius 3 is 2.44 bits per heavy atom. The molecule has 2 aromatic heterocycles. The fourth-order valence-electron chi connectivity index (χ4n) is 2.62. The molecule has 4 aromatic rings. The van der Waals surface area contributed by atoms with E-state index in [2.05, 4.69) is 10.3 Å². The van der Waals surface area contributed by atoms with Gasteiger partial charge in [-0.15, -0.1) is 0 Å². The van der Waals surface area contributed by atoms with Gasteiger partial charge >= 0.3 is 0 Å². The van der Waals surface area contributed by atoms with Gasteiger partial charge in [-0.2, -0.15) is 0 Å². The number of hydrogen-bond acceptors (Lipinski definition) is 2. The van der Waals surface area contributed by atoms with Crippen molar-refractivity contribution in [1.29, 1.82) is 0 Å². The molecular weight excluding hydrogens is 317 g/mol. The number of fused-ring (bicyclic) bond motifs is 1. The lowest BCUT2D eigenvalue weighted by Crippen LogP contribution is -2.11. The number of nitrogens with zero attached hydrogens (tertiary/aromatic N) is 2. The average Bonchev–Trinajstić information content (AvgIpc) is 3.06. The zero-order valence-electron chi connectivity index (χ0n) is 13.2. The summed E-state index contributed by atoms with van der Waals surface area (Å²) in [5, 5.41) is 2.87. The van der Waals surface area contributed by atoms with Crippen LogP contribution in [0.5, 0.6) is 0 Å².